The normalized spacial score (nSPS) is 54.4. The number of hydrogen-bond donors (Lipinski definition) is 1. The highest BCUT2D eigenvalue weighted by Crippen LogP contribution is 2.67. The van der Waals surface area contributed by atoms with Gasteiger partial charge in [0, 0.05) is 6.61 Å². The van der Waals surface area contributed by atoms with E-state index in [0.717, 1.165) is 36.0 Å². The van der Waals surface area contributed by atoms with Crippen molar-refractivity contribution in [2.24, 2.45) is 40.4 Å². The van der Waals surface area contributed by atoms with Crippen LogP contribution in [-0.4, -0.2) is 11.7 Å². The second kappa shape index (κ2) is 5.50. The van der Waals surface area contributed by atoms with Gasteiger partial charge in [0.05, 0.1) is 0 Å². The second-order valence-corrected chi connectivity index (χ2v) is 9.73. The fourth-order valence-corrected chi connectivity index (χ4v) is 8.03. The van der Waals surface area contributed by atoms with Gasteiger partial charge in [-0.05, 0) is 98.2 Å². The molecule has 4 aliphatic carbocycles. The van der Waals surface area contributed by atoms with Crippen LogP contribution in [0, 0.1) is 40.4 Å². The number of rotatable bonds is 2. The average Bonchev–Trinajstić information content (AvgIpc) is 2.84. The smallest absolute Gasteiger partial charge is 0.0433 e. The molecule has 0 radical (unpaired) electrons. The van der Waals surface area contributed by atoms with E-state index in [1.54, 1.807) is 0 Å². The highest BCUT2D eigenvalue weighted by Gasteiger charge is 2.59. The first-order valence-electron chi connectivity index (χ1n) is 10.2. The molecule has 1 nitrogen and oxygen atoms in total. The van der Waals surface area contributed by atoms with Gasteiger partial charge in [0.1, 0.15) is 0 Å². The van der Waals surface area contributed by atoms with Crippen molar-refractivity contribution in [2.75, 3.05) is 6.61 Å². The van der Waals surface area contributed by atoms with Crippen molar-refractivity contribution in [3.63, 3.8) is 0 Å². The summed E-state index contributed by atoms with van der Waals surface area (Å²) in [5, 5.41) is 9.46. The van der Waals surface area contributed by atoms with Crippen LogP contribution in [0.25, 0.3) is 0 Å². The highest BCUT2D eigenvalue weighted by atomic mass is 16.3. The van der Waals surface area contributed by atoms with Crippen LogP contribution in [0.1, 0.15) is 84.5 Å². The SMILES string of the molecule is C[C@]12CC[C@H]3[C@@H](CCC4CCCC[C@@]43C)C1CC[C@@H]2CCO. The Morgan fingerprint density at radius 2 is 1.64 bits per heavy atom. The van der Waals surface area contributed by atoms with Crippen LogP contribution in [0.4, 0.5) is 0 Å². The van der Waals surface area contributed by atoms with Gasteiger partial charge in [-0.15, -0.1) is 0 Å². The van der Waals surface area contributed by atoms with E-state index in [1.165, 1.54) is 64.2 Å². The van der Waals surface area contributed by atoms with E-state index in [4.69, 9.17) is 0 Å². The van der Waals surface area contributed by atoms with Gasteiger partial charge in [-0.2, -0.15) is 0 Å². The van der Waals surface area contributed by atoms with E-state index in [2.05, 4.69) is 13.8 Å². The lowest BCUT2D eigenvalue weighted by atomic mass is 9.45. The molecule has 0 aromatic heterocycles. The third-order valence-corrected chi connectivity index (χ3v) is 9.26. The fraction of sp³-hybridized carbons (Fsp3) is 1.00. The van der Waals surface area contributed by atoms with Gasteiger partial charge >= 0.3 is 0 Å². The summed E-state index contributed by atoms with van der Waals surface area (Å²) in [6.45, 7) is 5.67. The first kappa shape index (κ1) is 15.5. The zero-order valence-corrected chi connectivity index (χ0v) is 14.8. The summed E-state index contributed by atoms with van der Waals surface area (Å²) < 4.78 is 0. The Kier molecular flexibility index (Phi) is 3.87. The largest absolute Gasteiger partial charge is 0.396 e. The summed E-state index contributed by atoms with van der Waals surface area (Å²) in [5.41, 5.74) is 1.24. The summed E-state index contributed by atoms with van der Waals surface area (Å²) in [5.74, 6) is 4.86. The van der Waals surface area contributed by atoms with Crippen molar-refractivity contribution in [3.8, 4) is 0 Å². The van der Waals surface area contributed by atoms with Crippen molar-refractivity contribution in [2.45, 2.75) is 84.5 Å². The van der Waals surface area contributed by atoms with Gasteiger partial charge < -0.3 is 5.11 Å². The van der Waals surface area contributed by atoms with Crippen LogP contribution in [0.5, 0.6) is 0 Å². The molecule has 1 heteroatoms. The molecule has 0 saturated heterocycles. The molecule has 4 saturated carbocycles. The monoisotopic (exact) mass is 304 g/mol. The molecule has 4 aliphatic rings. The summed E-state index contributed by atoms with van der Waals surface area (Å²) >= 11 is 0. The quantitative estimate of drug-likeness (QED) is 0.722. The van der Waals surface area contributed by atoms with E-state index in [1.807, 2.05) is 0 Å². The Labute approximate surface area is 137 Å². The van der Waals surface area contributed by atoms with E-state index >= 15 is 0 Å². The lowest BCUT2D eigenvalue weighted by Crippen LogP contribution is -2.52. The molecule has 4 rings (SSSR count). The number of hydrogen-bond acceptors (Lipinski definition) is 1. The third-order valence-electron chi connectivity index (χ3n) is 9.26. The maximum Gasteiger partial charge on any atom is 0.0433 e. The minimum Gasteiger partial charge on any atom is -0.396 e. The lowest BCUT2D eigenvalue weighted by molar-refractivity contribution is -0.111. The van der Waals surface area contributed by atoms with Crippen LogP contribution >= 0.6 is 0 Å². The minimum atomic E-state index is 0.404. The predicted octanol–water partition coefficient (Wildman–Crippen LogP) is 5.42. The first-order valence-corrected chi connectivity index (χ1v) is 10.2. The molecule has 0 bridgehead atoms. The van der Waals surface area contributed by atoms with Gasteiger partial charge in [0.2, 0.25) is 0 Å². The van der Waals surface area contributed by atoms with E-state index in [9.17, 15) is 5.11 Å². The predicted molar refractivity (Wildman–Crippen MR) is 91.5 cm³/mol. The highest BCUT2D eigenvalue weighted by molar-refractivity contribution is 5.08. The number of aliphatic hydroxyl groups is 1. The molecule has 0 spiro atoms. The zero-order valence-electron chi connectivity index (χ0n) is 14.8. The maximum atomic E-state index is 9.46. The molecular formula is C21H36O. The standard InChI is InChI=1S/C21H36O/c1-20-12-4-3-5-15(20)6-8-17-18-9-7-16(11-14-22)21(18,2)13-10-19(17)20/h15-19,22H,3-14H2,1-2H3/t15?,16-,17+,18?,19+,20+,21-/m1/s1. The van der Waals surface area contributed by atoms with E-state index < -0.39 is 0 Å². The van der Waals surface area contributed by atoms with Crippen LogP contribution in [0.15, 0.2) is 0 Å². The van der Waals surface area contributed by atoms with Gasteiger partial charge in [-0.3, -0.25) is 0 Å². The summed E-state index contributed by atoms with van der Waals surface area (Å²) in [6.07, 6.45) is 15.9. The van der Waals surface area contributed by atoms with Crippen molar-refractivity contribution in [3.05, 3.63) is 0 Å². The molecule has 22 heavy (non-hydrogen) atoms. The Morgan fingerprint density at radius 1 is 0.818 bits per heavy atom. The van der Waals surface area contributed by atoms with Crippen LogP contribution in [-0.2, 0) is 0 Å². The molecule has 0 aromatic carbocycles. The Morgan fingerprint density at radius 3 is 2.45 bits per heavy atom. The van der Waals surface area contributed by atoms with Crippen molar-refractivity contribution < 1.29 is 5.11 Å². The topological polar surface area (TPSA) is 20.2 Å². The van der Waals surface area contributed by atoms with Gasteiger partial charge in [0.25, 0.3) is 0 Å². The van der Waals surface area contributed by atoms with Gasteiger partial charge in [-0.1, -0.05) is 26.7 Å². The Balaban J connectivity index is 1.59. The molecule has 0 heterocycles. The second-order valence-electron chi connectivity index (χ2n) is 9.73. The van der Waals surface area contributed by atoms with Crippen LogP contribution in [0.2, 0.25) is 0 Å². The van der Waals surface area contributed by atoms with Crippen molar-refractivity contribution in [1.29, 1.82) is 0 Å². The molecule has 126 valence electrons. The molecule has 0 aromatic rings. The average molecular weight is 305 g/mol. The fourth-order valence-electron chi connectivity index (χ4n) is 8.03. The minimum absolute atomic E-state index is 0.404. The van der Waals surface area contributed by atoms with E-state index in [0.29, 0.717) is 17.4 Å². The van der Waals surface area contributed by atoms with Crippen LogP contribution < -0.4 is 0 Å². The number of aliphatic hydroxyl groups excluding tert-OH is 1. The van der Waals surface area contributed by atoms with E-state index in [-0.39, 0.29) is 0 Å². The lowest BCUT2D eigenvalue weighted by Gasteiger charge is -2.60. The maximum absolute atomic E-state index is 9.46. The molecular weight excluding hydrogens is 268 g/mol. The van der Waals surface area contributed by atoms with Crippen molar-refractivity contribution in [1.82, 2.24) is 0 Å². The third kappa shape index (κ3) is 2.06. The molecule has 1 N–H and O–H groups in total. The number of fused-ring (bicyclic) bond motifs is 5. The summed E-state index contributed by atoms with van der Waals surface area (Å²) in [6, 6.07) is 0. The van der Waals surface area contributed by atoms with Gasteiger partial charge in [0.15, 0.2) is 0 Å². The van der Waals surface area contributed by atoms with Gasteiger partial charge in [-0.25, -0.2) is 0 Å². The van der Waals surface area contributed by atoms with Crippen LogP contribution in [0.3, 0.4) is 0 Å². The molecule has 4 fully saturated rings. The Bertz CT molecular complexity index is 418. The zero-order chi connectivity index (χ0) is 15.4. The summed E-state index contributed by atoms with van der Waals surface area (Å²) in [7, 11) is 0. The molecule has 2 unspecified atom stereocenters. The molecule has 7 atom stereocenters. The molecule has 0 aliphatic heterocycles. The first-order chi connectivity index (χ1) is 10.6. The molecule has 0 amide bonds. The Hall–Kier alpha value is -0.0400. The van der Waals surface area contributed by atoms with Crippen molar-refractivity contribution >= 4 is 0 Å². The summed E-state index contributed by atoms with van der Waals surface area (Å²) in [4.78, 5) is 0.